The zero-order chi connectivity index (χ0) is 20.8. The molecule has 1 fully saturated rings. The van der Waals surface area contributed by atoms with E-state index in [1.807, 2.05) is 18.2 Å². The van der Waals surface area contributed by atoms with Crippen LogP contribution in [0.5, 0.6) is 0 Å². The number of rotatable bonds is 4. The van der Waals surface area contributed by atoms with E-state index < -0.39 is 5.91 Å². The highest BCUT2D eigenvalue weighted by atomic mass is 16.5. The lowest BCUT2D eigenvalue weighted by Crippen LogP contribution is -2.28. The quantitative estimate of drug-likeness (QED) is 0.471. The number of aromatic amines is 2. The molecule has 10 heteroatoms. The van der Waals surface area contributed by atoms with Crippen molar-refractivity contribution in [2.45, 2.75) is 37.8 Å². The molecule has 5 rings (SSSR count). The van der Waals surface area contributed by atoms with Crippen LogP contribution in [0.1, 0.15) is 42.2 Å². The summed E-state index contributed by atoms with van der Waals surface area (Å²) >= 11 is 0. The van der Waals surface area contributed by atoms with Gasteiger partial charge in [0.2, 0.25) is 0 Å². The molecule has 1 aromatic carbocycles. The molecule has 0 aliphatic heterocycles. The number of fused-ring (bicyclic) bond motifs is 2. The molecule has 1 amide bonds. The lowest BCUT2D eigenvalue weighted by molar-refractivity contribution is 0.0585. The topological polar surface area (TPSA) is 145 Å². The molecular formula is C20H21N7O3. The number of benzene rings is 1. The molecule has 30 heavy (non-hydrogen) atoms. The van der Waals surface area contributed by atoms with E-state index in [-0.39, 0.29) is 29.0 Å². The molecule has 10 nitrogen and oxygen atoms in total. The number of methoxy groups -OCH3 is 1. The summed E-state index contributed by atoms with van der Waals surface area (Å²) in [7, 11) is 1.71. The highest BCUT2D eigenvalue weighted by molar-refractivity contribution is 6.02. The van der Waals surface area contributed by atoms with E-state index in [4.69, 9.17) is 10.5 Å². The first kappa shape index (κ1) is 18.5. The Morgan fingerprint density at radius 2 is 2.03 bits per heavy atom. The van der Waals surface area contributed by atoms with E-state index in [0.29, 0.717) is 17.0 Å². The third kappa shape index (κ3) is 2.96. The normalized spacial score (nSPS) is 19.5. The van der Waals surface area contributed by atoms with Crippen LogP contribution < -0.4 is 11.4 Å². The van der Waals surface area contributed by atoms with Crippen molar-refractivity contribution in [3.05, 3.63) is 40.7 Å². The third-order valence-corrected chi connectivity index (χ3v) is 5.82. The zero-order valence-corrected chi connectivity index (χ0v) is 16.4. The van der Waals surface area contributed by atoms with Crippen LogP contribution in [-0.4, -0.2) is 48.6 Å². The molecule has 1 saturated carbocycles. The minimum Gasteiger partial charge on any atom is -0.381 e. The smallest absolute Gasteiger partial charge is 0.327 e. The highest BCUT2D eigenvalue weighted by Crippen LogP contribution is 2.31. The second-order valence-corrected chi connectivity index (χ2v) is 7.56. The predicted octanol–water partition coefficient (Wildman–Crippen LogP) is 1.89. The lowest BCUT2D eigenvalue weighted by Gasteiger charge is -2.28. The van der Waals surface area contributed by atoms with Crippen LogP contribution in [0.15, 0.2) is 29.3 Å². The SMILES string of the molecule is COC1CCC(n2c(=O)[nH]c3c(C(N)=O)nc(-c4ccc5nc[nH]c5c4)nc32)CC1. The maximum Gasteiger partial charge on any atom is 0.327 e. The number of imidazole rings is 2. The molecule has 1 aliphatic carbocycles. The zero-order valence-electron chi connectivity index (χ0n) is 16.4. The number of ether oxygens (including phenoxy) is 1. The molecule has 4 N–H and O–H groups in total. The summed E-state index contributed by atoms with van der Waals surface area (Å²) in [5.74, 6) is -0.395. The maximum atomic E-state index is 12.8. The fraction of sp³-hybridized carbons (Fsp3) is 0.350. The van der Waals surface area contributed by atoms with Gasteiger partial charge in [0.25, 0.3) is 5.91 Å². The van der Waals surface area contributed by atoms with Crippen LogP contribution in [0.2, 0.25) is 0 Å². The number of amides is 1. The molecule has 154 valence electrons. The van der Waals surface area contributed by atoms with Crippen molar-refractivity contribution in [2.75, 3.05) is 7.11 Å². The largest absolute Gasteiger partial charge is 0.381 e. The fourth-order valence-electron chi connectivity index (χ4n) is 4.26. The van der Waals surface area contributed by atoms with Gasteiger partial charge >= 0.3 is 5.69 Å². The Kier molecular flexibility index (Phi) is 4.35. The number of hydrogen-bond acceptors (Lipinski definition) is 6. The molecule has 3 aromatic heterocycles. The first-order chi connectivity index (χ1) is 14.5. The Hall–Kier alpha value is -3.53. The number of hydrogen-bond donors (Lipinski definition) is 3. The van der Waals surface area contributed by atoms with Crippen LogP contribution >= 0.6 is 0 Å². The van der Waals surface area contributed by atoms with Crippen LogP contribution in [0, 0.1) is 0 Å². The Labute approximate surface area is 170 Å². The number of H-pyrrole nitrogens is 2. The maximum absolute atomic E-state index is 12.8. The van der Waals surface area contributed by atoms with E-state index in [1.165, 1.54) is 0 Å². The Bertz CT molecular complexity index is 1310. The summed E-state index contributed by atoms with van der Waals surface area (Å²) < 4.78 is 7.07. The highest BCUT2D eigenvalue weighted by Gasteiger charge is 2.27. The summed E-state index contributed by atoms with van der Waals surface area (Å²) in [5, 5.41) is 0. The van der Waals surface area contributed by atoms with Crippen LogP contribution in [0.3, 0.4) is 0 Å². The van der Waals surface area contributed by atoms with Crippen molar-refractivity contribution < 1.29 is 9.53 Å². The van der Waals surface area contributed by atoms with Gasteiger partial charge in [0.1, 0.15) is 5.52 Å². The van der Waals surface area contributed by atoms with Gasteiger partial charge < -0.3 is 20.4 Å². The fourth-order valence-corrected chi connectivity index (χ4v) is 4.26. The van der Waals surface area contributed by atoms with E-state index in [0.717, 1.165) is 36.7 Å². The predicted molar refractivity (Wildman–Crippen MR) is 110 cm³/mol. The van der Waals surface area contributed by atoms with E-state index in [1.54, 1.807) is 18.0 Å². The first-order valence-corrected chi connectivity index (χ1v) is 9.83. The summed E-state index contributed by atoms with van der Waals surface area (Å²) in [6.45, 7) is 0. The standard InChI is InChI=1S/C20H21N7O3/c1-30-12-5-3-11(4-6-12)27-19-16(25-20(27)29)15(17(21)28)24-18(26-19)10-2-7-13-14(8-10)23-9-22-13/h2,7-9,11-12H,3-6H2,1H3,(H2,21,28)(H,22,23)(H,25,29). The molecular weight excluding hydrogens is 386 g/mol. The van der Waals surface area contributed by atoms with Gasteiger partial charge in [-0.1, -0.05) is 0 Å². The molecule has 3 heterocycles. The van der Waals surface area contributed by atoms with Gasteiger partial charge in [0, 0.05) is 18.7 Å². The molecule has 1 aliphatic rings. The Morgan fingerprint density at radius 3 is 2.77 bits per heavy atom. The van der Waals surface area contributed by atoms with Gasteiger partial charge in [-0.2, -0.15) is 0 Å². The number of nitrogens with one attached hydrogen (secondary N) is 2. The number of carbonyl (C=O) groups excluding carboxylic acids is 1. The number of carbonyl (C=O) groups is 1. The number of aromatic nitrogens is 6. The van der Waals surface area contributed by atoms with Gasteiger partial charge in [-0.3, -0.25) is 9.36 Å². The van der Waals surface area contributed by atoms with Crippen molar-refractivity contribution in [1.29, 1.82) is 0 Å². The molecule has 4 aromatic rings. The van der Waals surface area contributed by atoms with Crippen LogP contribution in [-0.2, 0) is 4.74 Å². The van der Waals surface area contributed by atoms with Gasteiger partial charge in [0.15, 0.2) is 17.2 Å². The number of primary amides is 1. The molecule has 0 saturated heterocycles. The van der Waals surface area contributed by atoms with Crippen molar-refractivity contribution in [1.82, 2.24) is 29.5 Å². The third-order valence-electron chi connectivity index (χ3n) is 5.82. The number of nitrogens with two attached hydrogens (primary N) is 1. The van der Waals surface area contributed by atoms with Crippen molar-refractivity contribution in [2.24, 2.45) is 5.73 Å². The lowest BCUT2D eigenvalue weighted by atomic mass is 9.93. The minimum atomic E-state index is -0.720. The van der Waals surface area contributed by atoms with Gasteiger partial charge in [0.05, 0.1) is 23.5 Å². The van der Waals surface area contributed by atoms with E-state index in [2.05, 4.69) is 24.9 Å². The second kappa shape index (κ2) is 7.06. The average Bonchev–Trinajstić information content (AvgIpc) is 3.35. The van der Waals surface area contributed by atoms with Crippen molar-refractivity contribution in [3.63, 3.8) is 0 Å². The van der Waals surface area contributed by atoms with Crippen molar-refractivity contribution in [3.8, 4) is 11.4 Å². The van der Waals surface area contributed by atoms with Crippen LogP contribution in [0.4, 0.5) is 0 Å². The van der Waals surface area contributed by atoms with Crippen LogP contribution in [0.25, 0.3) is 33.6 Å². The summed E-state index contributed by atoms with van der Waals surface area (Å²) in [5.41, 5.74) is 8.25. The average molecular weight is 407 g/mol. The van der Waals surface area contributed by atoms with E-state index in [9.17, 15) is 9.59 Å². The first-order valence-electron chi connectivity index (χ1n) is 9.83. The molecule has 0 radical (unpaired) electrons. The molecule has 0 spiro atoms. The monoisotopic (exact) mass is 407 g/mol. The van der Waals surface area contributed by atoms with E-state index >= 15 is 0 Å². The van der Waals surface area contributed by atoms with Gasteiger partial charge in [-0.25, -0.2) is 19.7 Å². The molecule has 0 atom stereocenters. The molecule has 0 unspecified atom stereocenters. The number of nitrogens with zero attached hydrogens (tertiary/aromatic N) is 4. The minimum absolute atomic E-state index is 0.00105. The summed E-state index contributed by atoms with van der Waals surface area (Å²) in [6, 6.07) is 5.49. The summed E-state index contributed by atoms with van der Waals surface area (Å²) in [4.78, 5) is 43.9. The van der Waals surface area contributed by atoms with Gasteiger partial charge in [-0.15, -0.1) is 0 Å². The summed E-state index contributed by atoms with van der Waals surface area (Å²) in [6.07, 6.45) is 5.10. The second-order valence-electron chi connectivity index (χ2n) is 7.56. The Balaban J connectivity index is 1.68. The van der Waals surface area contributed by atoms with Crippen molar-refractivity contribution >= 4 is 28.1 Å². The molecule has 0 bridgehead atoms. The van der Waals surface area contributed by atoms with Gasteiger partial charge in [-0.05, 0) is 43.9 Å². The Morgan fingerprint density at radius 1 is 1.23 bits per heavy atom.